The second-order valence-corrected chi connectivity index (χ2v) is 2.91. The fourth-order valence-electron chi connectivity index (χ4n) is 1.21. The minimum atomic E-state index is -0.730. The van der Waals surface area contributed by atoms with E-state index < -0.39 is 5.97 Å². The molecule has 0 saturated carbocycles. The zero-order valence-corrected chi connectivity index (χ0v) is 6.04. The molecule has 1 fully saturated rings. The van der Waals surface area contributed by atoms with Gasteiger partial charge in [-0.1, -0.05) is 6.92 Å². The van der Waals surface area contributed by atoms with Crippen LogP contribution < -0.4 is 0 Å². The Labute approximate surface area is 60.0 Å². The third kappa shape index (κ3) is 1.70. The van der Waals surface area contributed by atoms with Crippen LogP contribution in [0, 0.1) is 11.8 Å². The van der Waals surface area contributed by atoms with Gasteiger partial charge in [-0.05, 0) is 12.3 Å². The molecular weight excluding hydrogens is 132 g/mol. The molecule has 1 heterocycles. The predicted molar refractivity (Wildman–Crippen MR) is 35.7 cm³/mol. The van der Waals surface area contributed by atoms with Gasteiger partial charge in [0.1, 0.15) is 0 Å². The molecule has 0 aromatic heterocycles. The Hall–Kier alpha value is -0.570. The normalized spacial score (nSPS) is 33.7. The van der Waals surface area contributed by atoms with Crippen molar-refractivity contribution in [1.29, 1.82) is 0 Å². The fourth-order valence-corrected chi connectivity index (χ4v) is 1.21. The molecule has 0 bridgehead atoms. The van der Waals surface area contributed by atoms with Crippen molar-refractivity contribution in [2.45, 2.75) is 13.3 Å². The van der Waals surface area contributed by atoms with Gasteiger partial charge in [0.15, 0.2) is 0 Å². The first-order valence-corrected chi connectivity index (χ1v) is 3.50. The van der Waals surface area contributed by atoms with E-state index in [9.17, 15) is 4.79 Å². The average molecular weight is 144 g/mol. The van der Waals surface area contributed by atoms with Gasteiger partial charge in [0.2, 0.25) is 0 Å². The minimum absolute atomic E-state index is 0.274. The highest BCUT2D eigenvalue weighted by atomic mass is 16.5. The highest BCUT2D eigenvalue weighted by Crippen LogP contribution is 2.18. The lowest BCUT2D eigenvalue weighted by atomic mass is 9.95. The van der Waals surface area contributed by atoms with Gasteiger partial charge in [-0.25, -0.2) is 0 Å². The van der Waals surface area contributed by atoms with E-state index in [1.165, 1.54) is 0 Å². The molecule has 0 aromatic rings. The van der Waals surface area contributed by atoms with Gasteiger partial charge >= 0.3 is 5.97 Å². The minimum Gasteiger partial charge on any atom is -0.481 e. The largest absolute Gasteiger partial charge is 0.481 e. The summed E-state index contributed by atoms with van der Waals surface area (Å²) in [7, 11) is 0. The number of ether oxygens (including phenoxy) is 1. The Bertz CT molecular complexity index is 133. The van der Waals surface area contributed by atoms with Crippen molar-refractivity contribution in [1.82, 2.24) is 0 Å². The Morgan fingerprint density at radius 1 is 1.60 bits per heavy atom. The monoisotopic (exact) mass is 144 g/mol. The van der Waals surface area contributed by atoms with Crippen molar-refractivity contribution < 1.29 is 14.6 Å². The summed E-state index contributed by atoms with van der Waals surface area (Å²) < 4.78 is 5.07. The van der Waals surface area contributed by atoms with Crippen molar-refractivity contribution in [3.63, 3.8) is 0 Å². The Kier molecular flexibility index (Phi) is 2.27. The summed E-state index contributed by atoms with van der Waals surface area (Å²) in [5.41, 5.74) is 0. The van der Waals surface area contributed by atoms with Crippen LogP contribution in [0.25, 0.3) is 0 Å². The molecule has 3 nitrogen and oxygen atoms in total. The lowest BCUT2D eigenvalue weighted by molar-refractivity contribution is -0.147. The summed E-state index contributed by atoms with van der Waals surface area (Å²) in [6.07, 6.45) is 0.759. The van der Waals surface area contributed by atoms with Gasteiger partial charge in [-0.15, -0.1) is 0 Å². The molecule has 1 N–H and O–H groups in total. The number of hydrogen-bond acceptors (Lipinski definition) is 2. The topological polar surface area (TPSA) is 46.5 Å². The van der Waals surface area contributed by atoms with Crippen molar-refractivity contribution in [3.8, 4) is 0 Å². The first kappa shape index (κ1) is 7.54. The molecule has 58 valence electrons. The van der Waals surface area contributed by atoms with Crippen LogP contribution in [-0.2, 0) is 9.53 Å². The highest BCUT2D eigenvalue weighted by Gasteiger charge is 2.24. The molecule has 0 spiro atoms. The van der Waals surface area contributed by atoms with Crippen LogP contribution in [-0.4, -0.2) is 24.3 Å². The average Bonchev–Trinajstić information content (AvgIpc) is 1.88. The van der Waals surface area contributed by atoms with Gasteiger partial charge < -0.3 is 9.84 Å². The van der Waals surface area contributed by atoms with E-state index in [4.69, 9.17) is 9.84 Å². The summed E-state index contributed by atoms with van der Waals surface area (Å²) in [4.78, 5) is 10.4. The number of carbonyl (C=O) groups is 1. The van der Waals surface area contributed by atoms with Crippen LogP contribution in [0.15, 0.2) is 0 Å². The third-order valence-corrected chi connectivity index (χ3v) is 1.76. The van der Waals surface area contributed by atoms with Crippen molar-refractivity contribution in [2.24, 2.45) is 11.8 Å². The number of aliphatic carboxylic acids is 1. The van der Waals surface area contributed by atoms with Crippen LogP contribution in [0.5, 0.6) is 0 Å². The summed E-state index contributed by atoms with van der Waals surface area (Å²) >= 11 is 0. The molecule has 0 aromatic carbocycles. The fraction of sp³-hybridized carbons (Fsp3) is 0.857. The lowest BCUT2D eigenvalue weighted by Crippen LogP contribution is -2.29. The first-order valence-electron chi connectivity index (χ1n) is 3.50. The maximum Gasteiger partial charge on any atom is 0.308 e. The van der Waals surface area contributed by atoms with Gasteiger partial charge in [-0.2, -0.15) is 0 Å². The molecule has 1 aliphatic heterocycles. The van der Waals surface area contributed by atoms with Crippen LogP contribution in [0.1, 0.15) is 13.3 Å². The van der Waals surface area contributed by atoms with Crippen LogP contribution in [0.2, 0.25) is 0 Å². The quantitative estimate of drug-likeness (QED) is 0.590. The molecule has 2 unspecified atom stereocenters. The van der Waals surface area contributed by atoms with Crippen molar-refractivity contribution >= 4 is 5.97 Å². The molecule has 10 heavy (non-hydrogen) atoms. The van der Waals surface area contributed by atoms with Gasteiger partial charge in [0, 0.05) is 6.61 Å². The van der Waals surface area contributed by atoms with E-state index in [0.29, 0.717) is 19.1 Å². The predicted octanol–water partition coefficient (Wildman–Crippen LogP) is 0.744. The summed E-state index contributed by atoms with van der Waals surface area (Å²) in [6, 6.07) is 0. The first-order chi connectivity index (χ1) is 4.70. The summed E-state index contributed by atoms with van der Waals surface area (Å²) in [5.74, 6) is -0.606. The number of hydrogen-bond donors (Lipinski definition) is 1. The van der Waals surface area contributed by atoms with E-state index in [2.05, 4.69) is 0 Å². The maximum absolute atomic E-state index is 10.4. The Balaban J connectivity index is 2.39. The van der Waals surface area contributed by atoms with E-state index in [1.54, 1.807) is 0 Å². The van der Waals surface area contributed by atoms with E-state index in [0.717, 1.165) is 6.42 Å². The standard InChI is InChI=1S/C7H12O3/c1-5-2-6(7(8)9)4-10-3-5/h5-6H,2-4H2,1H3,(H,8,9). The molecule has 0 radical (unpaired) electrons. The molecular formula is C7H12O3. The van der Waals surface area contributed by atoms with Crippen LogP contribution in [0.3, 0.4) is 0 Å². The zero-order chi connectivity index (χ0) is 7.56. The lowest BCUT2D eigenvalue weighted by Gasteiger charge is -2.23. The molecule has 1 aliphatic rings. The summed E-state index contributed by atoms with van der Waals surface area (Å²) in [5, 5.41) is 8.58. The Morgan fingerprint density at radius 3 is 2.70 bits per heavy atom. The smallest absolute Gasteiger partial charge is 0.308 e. The van der Waals surface area contributed by atoms with E-state index in [1.807, 2.05) is 6.92 Å². The molecule has 1 saturated heterocycles. The van der Waals surface area contributed by atoms with Gasteiger partial charge in [0.05, 0.1) is 12.5 Å². The number of carboxylic acids is 1. The van der Waals surface area contributed by atoms with Gasteiger partial charge in [0.25, 0.3) is 0 Å². The Morgan fingerprint density at radius 2 is 2.30 bits per heavy atom. The van der Waals surface area contributed by atoms with E-state index in [-0.39, 0.29) is 5.92 Å². The SMILES string of the molecule is CC1COCC(C(=O)O)C1. The third-order valence-electron chi connectivity index (χ3n) is 1.76. The number of carboxylic acid groups (broad SMARTS) is 1. The highest BCUT2D eigenvalue weighted by molar-refractivity contribution is 5.70. The number of rotatable bonds is 1. The second kappa shape index (κ2) is 3.01. The molecule has 2 atom stereocenters. The maximum atomic E-state index is 10.4. The van der Waals surface area contributed by atoms with Crippen molar-refractivity contribution in [2.75, 3.05) is 13.2 Å². The second-order valence-electron chi connectivity index (χ2n) is 2.91. The zero-order valence-electron chi connectivity index (χ0n) is 6.04. The van der Waals surface area contributed by atoms with Crippen LogP contribution >= 0.6 is 0 Å². The molecule has 3 heteroatoms. The van der Waals surface area contributed by atoms with Crippen LogP contribution in [0.4, 0.5) is 0 Å². The molecule has 0 amide bonds. The van der Waals surface area contributed by atoms with Gasteiger partial charge in [-0.3, -0.25) is 4.79 Å². The summed E-state index contributed by atoms with van der Waals surface area (Å²) in [6.45, 7) is 3.11. The molecule has 1 rings (SSSR count). The van der Waals surface area contributed by atoms with E-state index >= 15 is 0 Å². The molecule has 0 aliphatic carbocycles. The van der Waals surface area contributed by atoms with Crippen molar-refractivity contribution in [3.05, 3.63) is 0 Å².